The number of hydrogen-bond acceptors (Lipinski definition) is 4. The smallest absolute Gasteiger partial charge is 0.139 e. The minimum Gasteiger partial charge on any atom is -0.497 e. The number of nitrogens with zero attached hydrogens (tertiary/aromatic N) is 2. The van der Waals surface area contributed by atoms with Crippen LogP contribution in [0.3, 0.4) is 0 Å². The molecule has 0 saturated carbocycles. The Morgan fingerprint density at radius 3 is 2.85 bits per heavy atom. The number of benzene rings is 2. The van der Waals surface area contributed by atoms with Crippen LogP contribution in [0.2, 0.25) is 0 Å². The normalized spacial score (nSPS) is 18.5. The first-order valence-corrected chi connectivity index (χ1v) is 11.8. The number of halogens is 2. The second kappa shape index (κ2) is 11.4. The molecule has 178 valence electrons. The highest BCUT2D eigenvalue weighted by Crippen LogP contribution is 2.29. The monoisotopic (exact) mass is 464 g/mol. The minimum absolute atomic E-state index is 0.0786. The van der Waals surface area contributed by atoms with Crippen LogP contribution in [0.4, 0.5) is 8.78 Å². The maximum atomic E-state index is 13.7. The number of aryl methyl sites for hydroxylation is 1. The molecule has 0 radical (unpaired) electrons. The molecule has 6 heteroatoms. The number of rotatable bonds is 7. The van der Waals surface area contributed by atoms with Gasteiger partial charge in [0.1, 0.15) is 17.4 Å². The third kappa shape index (κ3) is 5.91. The highest BCUT2D eigenvalue weighted by Gasteiger charge is 2.28. The van der Waals surface area contributed by atoms with Crippen molar-refractivity contribution in [3.05, 3.63) is 71.4 Å². The Labute approximate surface area is 199 Å². The van der Waals surface area contributed by atoms with Crippen molar-refractivity contribution in [3.8, 4) is 17.6 Å². The fourth-order valence-electron chi connectivity index (χ4n) is 4.81. The maximum absolute atomic E-state index is 13.7. The largest absolute Gasteiger partial charge is 0.497 e. The molecule has 1 fully saturated rings. The van der Waals surface area contributed by atoms with Gasteiger partial charge in [0.05, 0.1) is 24.7 Å². The topological polar surface area (TPSA) is 45.6 Å². The number of pyridine rings is 1. The first-order valence-electron chi connectivity index (χ1n) is 11.8. The van der Waals surface area contributed by atoms with Gasteiger partial charge in [-0.15, -0.1) is 0 Å². The van der Waals surface area contributed by atoms with Crippen molar-refractivity contribution in [3.63, 3.8) is 0 Å². The van der Waals surface area contributed by atoms with Gasteiger partial charge in [-0.25, -0.2) is 8.78 Å². The van der Waals surface area contributed by atoms with Crippen LogP contribution < -0.4 is 4.74 Å². The molecule has 0 bridgehead atoms. The van der Waals surface area contributed by atoms with Gasteiger partial charge < -0.3 is 9.84 Å². The molecule has 1 aliphatic heterocycles. The summed E-state index contributed by atoms with van der Waals surface area (Å²) >= 11 is 0. The van der Waals surface area contributed by atoms with Crippen LogP contribution in [-0.2, 0) is 6.42 Å². The standard InChI is InChI=1S/C28H30F2N2O2/c1-34-25-8-10-28-26(17-25)21(11-13-31-28)5-2-4-20-12-15-32(18-23(20)19-33)14-3-6-22-16-24(29)7-9-27(22)30/h7-11,13,16-17,20,23,33H,2,4-5,12,14-15,18-19H2,1H3/t20-,23-/m1/s1. The third-order valence-corrected chi connectivity index (χ3v) is 6.72. The summed E-state index contributed by atoms with van der Waals surface area (Å²) < 4.78 is 32.4. The molecule has 2 aromatic carbocycles. The quantitative estimate of drug-likeness (QED) is 0.509. The van der Waals surface area contributed by atoms with Crippen molar-refractivity contribution in [1.29, 1.82) is 0 Å². The number of fused-ring (bicyclic) bond motifs is 1. The van der Waals surface area contributed by atoms with Gasteiger partial charge in [-0.2, -0.15) is 0 Å². The van der Waals surface area contributed by atoms with E-state index < -0.39 is 11.6 Å². The zero-order valence-corrected chi connectivity index (χ0v) is 19.4. The van der Waals surface area contributed by atoms with E-state index in [1.165, 1.54) is 5.56 Å². The average molecular weight is 465 g/mol. The van der Waals surface area contributed by atoms with Crippen molar-refractivity contribution in [2.24, 2.45) is 11.8 Å². The molecule has 34 heavy (non-hydrogen) atoms. The Hall–Kier alpha value is -3.01. The highest BCUT2D eigenvalue weighted by molar-refractivity contribution is 5.83. The predicted molar refractivity (Wildman–Crippen MR) is 130 cm³/mol. The van der Waals surface area contributed by atoms with Gasteiger partial charge in [-0.1, -0.05) is 11.8 Å². The van der Waals surface area contributed by atoms with Crippen LogP contribution >= 0.6 is 0 Å². The molecule has 4 rings (SSSR count). The predicted octanol–water partition coefficient (Wildman–Crippen LogP) is 4.83. The number of methoxy groups -OCH3 is 1. The van der Waals surface area contributed by atoms with Crippen molar-refractivity contribution in [2.45, 2.75) is 25.7 Å². The molecule has 0 unspecified atom stereocenters. The van der Waals surface area contributed by atoms with Gasteiger partial charge in [-0.05, 0) is 92.1 Å². The second-order valence-electron chi connectivity index (χ2n) is 8.90. The minimum atomic E-state index is -0.513. The zero-order chi connectivity index (χ0) is 23.9. The fraction of sp³-hybridized carbons (Fsp3) is 0.393. The lowest BCUT2D eigenvalue weighted by Gasteiger charge is -2.37. The fourth-order valence-corrected chi connectivity index (χ4v) is 4.81. The molecule has 4 nitrogen and oxygen atoms in total. The molecule has 3 aromatic rings. The number of piperidine rings is 1. The summed E-state index contributed by atoms with van der Waals surface area (Å²) in [6.45, 7) is 2.26. The van der Waals surface area contributed by atoms with E-state index in [0.29, 0.717) is 12.5 Å². The molecular weight excluding hydrogens is 434 g/mol. The van der Waals surface area contributed by atoms with Crippen LogP contribution in [0.25, 0.3) is 10.9 Å². The molecule has 0 amide bonds. The van der Waals surface area contributed by atoms with Crippen molar-refractivity contribution in [2.75, 3.05) is 33.4 Å². The second-order valence-corrected chi connectivity index (χ2v) is 8.90. The zero-order valence-electron chi connectivity index (χ0n) is 19.4. The third-order valence-electron chi connectivity index (χ3n) is 6.72. The molecule has 2 atom stereocenters. The summed E-state index contributed by atoms with van der Waals surface area (Å²) in [6.07, 6.45) is 5.89. The Balaban J connectivity index is 1.31. The molecule has 0 aliphatic carbocycles. The van der Waals surface area contributed by atoms with Gasteiger partial charge >= 0.3 is 0 Å². The molecule has 1 N–H and O–H groups in total. The van der Waals surface area contributed by atoms with Crippen molar-refractivity contribution in [1.82, 2.24) is 9.88 Å². The number of aliphatic hydroxyl groups is 1. The Morgan fingerprint density at radius 2 is 2.03 bits per heavy atom. The van der Waals surface area contributed by atoms with Crippen LogP contribution in [0.5, 0.6) is 5.75 Å². The maximum Gasteiger partial charge on any atom is 0.139 e. The lowest BCUT2D eigenvalue weighted by atomic mass is 9.82. The van der Waals surface area contributed by atoms with E-state index in [1.54, 1.807) is 7.11 Å². The molecule has 2 heterocycles. The highest BCUT2D eigenvalue weighted by atomic mass is 19.1. The SMILES string of the molecule is COc1ccc2nccc(CCC[C@@H]3CCN(CC#Cc4cc(F)ccc4F)C[C@@H]3CO)c2c1. The summed E-state index contributed by atoms with van der Waals surface area (Å²) in [4.78, 5) is 6.64. The van der Waals surface area contributed by atoms with Crippen LogP contribution in [0, 0.1) is 35.3 Å². The lowest BCUT2D eigenvalue weighted by Crippen LogP contribution is -2.42. The van der Waals surface area contributed by atoms with Gasteiger partial charge in [0.25, 0.3) is 0 Å². The van der Waals surface area contributed by atoms with E-state index in [2.05, 4.69) is 27.8 Å². The first-order chi connectivity index (χ1) is 16.6. The van der Waals surface area contributed by atoms with Gasteiger partial charge in [-0.3, -0.25) is 9.88 Å². The molecular formula is C28H30F2N2O2. The van der Waals surface area contributed by atoms with Crippen LogP contribution in [-0.4, -0.2) is 48.3 Å². The number of aliphatic hydroxyl groups excluding tert-OH is 1. The molecule has 1 aliphatic rings. The van der Waals surface area contributed by atoms with E-state index in [4.69, 9.17) is 4.74 Å². The van der Waals surface area contributed by atoms with Gasteiger partial charge in [0.2, 0.25) is 0 Å². The summed E-state index contributed by atoms with van der Waals surface area (Å²) in [6, 6.07) is 11.3. The lowest BCUT2D eigenvalue weighted by molar-refractivity contribution is 0.0748. The van der Waals surface area contributed by atoms with E-state index in [1.807, 2.05) is 24.4 Å². The van der Waals surface area contributed by atoms with Crippen LogP contribution in [0.1, 0.15) is 30.4 Å². The molecule has 0 spiro atoms. The Morgan fingerprint density at radius 1 is 1.15 bits per heavy atom. The molecule has 1 aromatic heterocycles. The van der Waals surface area contributed by atoms with E-state index in [0.717, 1.165) is 73.6 Å². The number of aromatic nitrogens is 1. The van der Waals surface area contributed by atoms with Gasteiger partial charge in [0, 0.05) is 24.7 Å². The summed E-state index contributed by atoms with van der Waals surface area (Å²) in [7, 11) is 1.67. The summed E-state index contributed by atoms with van der Waals surface area (Å²) in [5.41, 5.74) is 2.32. The van der Waals surface area contributed by atoms with Crippen molar-refractivity contribution < 1.29 is 18.6 Å². The van der Waals surface area contributed by atoms with Crippen LogP contribution in [0.15, 0.2) is 48.7 Å². The van der Waals surface area contributed by atoms with E-state index in [9.17, 15) is 13.9 Å². The number of ether oxygens (including phenoxy) is 1. The van der Waals surface area contributed by atoms with E-state index >= 15 is 0 Å². The molecule has 1 saturated heterocycles. The number of likely N-dealkylation sites (tertiary alicyclic amines) is 1. The summed E-state index contributed by atoms with van der Waals surface area (Å²) in [5.74, 6) is 6.17. The Bertz CT molecular complexity index is 1190. The number of hydrogen-bond donors (Lipinski definition) is 1. The van der Waals surface area contributed by atoms with Crippen molar-refractivity contribution >= 4 is 10.9 Å². The Kier molecular flexibility index (Phi) is 8.10. The van der Waals surface area contributed by atoms with E-state index in [-0.39, 0.29) is 18.1 Å². The first kappa shape index (κ1) is 24.1. The average Bonchev–Trinajstić information content (AvgIpc) is 2.86. The van der Waals surface area contributed by atoms with Gasteiger partial charge in [0.15, 0.2) is 0 Å². The summed E-state index contributed by atoms with van der Waals surface area (Å²) in [5, 5.41) is 11.1.